The molecule has 86 valence electrons. The summed E-state index contributed by atoms with van der Waals surface area (Å²) in [7, 11) is 1.66. The Morgan fingerprint density at radius 1 is 1.50 bits per heavy atom. The van der Waals surface area contributed by atoms with Crippen LogP contribution in [0.1, 0.15) is 30.2 Å². The van der Waals surface area contributed by atoms with Gasteiger partial charge in [-0.05, 0) is 19.4 Å². The van der Waals surface area contributed by atoms with Crippen LogP contribution in [0.4, 0.5) is 5.82 Å². The number of nitrogen functional groups attached to an aromatic ring is 1. The first kappa shape index (κ1) is 11.3. The Bertz CT molecular complexity index is 505. The van der Waals surface area contributed by atoms with E-state index in [0.29, 0.717) is 11.6 Å². The summed E-state index contributed by atoms with van der Waals surface area (Å²) in [5.41, 5.74) is 5.92. The Balaban J connectivity index is 2.56. The Hall–Kier alpha value is -1.20. The minimum Gasteiger partial charge on any atom is -0.383 e. The topological polar surface area (TPSA) is 61.0 Å². The molecule has 0 amide bonds. The highest BCUT2D eigenvalue weighted by Gasteiger charge is 2.15. The molecule has 0 aromatic carbocycles. The summed E-state index contributed by atoms with van der Waals surface area (Å²) in [6, 6.07) is 2.02. The van der Waals surface area contributed by atoms with Gasteiger partial charge >= 0.3 is 0 Å². The van der Waals surface area contributed by atoms with Gasteiger partial charge in [0.05, 0.1) is 5.39 Å². The lowest BCUT2D eigenvalue weighted by molar-refractivity contribution is 0.0930. The van der Waals surface area contributed by atoms with E-state index in [9.17, 15) is 0 Å². The average Bonchev–Trinajstić information content (AvgIpc) is 2.61. The van der Waals surface area contributed by atoms with Crippen LogP contribution in [0.25, 0.3) is 10.2 Å². The lowest BCUT2D eigenvalue weighted by Crippen LogP contribution is -2.07. The van der Waals surface area contributed by atoms with Crippen LogP contribution in [0.5, 0.6) is 0 Å². The quantitative estimate of drug-likeness (QED) is 0.891. The number of aryl methyl sites for hydroxylation is 1. The number of nitrogens with zero attached hydrogens (tertiary/aromatic N) is 2. The maximum atomic E-state index is 5.92. The van der Waals surface area contributed by atoms with E-state index in [4.69, 9.17) is 10.5 Å². The molecule has 0 aliphatic carbocycles. The fraction of sp³-hybridized carbons (Fsp3) is 0.455. The summed E-state index contributed by atoms with van der Waals surface area (Å²) in [5.74, 6) is 1.22. The van der Waals surface area contributed by atoms with Crippen LogP contribution in [-0.4, -0.2) is 17.1 Å². The van der Waals surface area contributed by atoms with E-state index in [2.05, 4.69) is 9.97 Å². The fourth-order valence-corrected chi connectivity index (χ4v) is 2.57. The molecule has 0 saturated carbocycles. The SMILES string of the molecule is CCC(OC)c1nc(N)c2cc(C)sc2n1. The number of nitrogens with two attached hydrogens (primary N) is 1. The first-order valence-corrected chi connectivity index (χ1v) is 6.03. The van der Waals surface area contributed by atoms with Gasteiger partial charge < -0.3 is 10.5 Å². The van der Waals surface area contributed by atoms with Gasteiger partial charge in [0, 0.05) is 12.0 Å². The van der Waals surface area contributed by atoms with Gasteiger partial charge in [-0.3, -0.25) is 0 Å². The highest BCUT2D eigenvalue weighted by atomic mass is 32.1. The maximum Gasteiger partial charge on any atom is 0.161 e. The van der Waals surface area contributed by atoms with E-state index in [1.165, 1.54) is 4.88 Å². The maximum absolute atomic E-state index is 5.92. The van der Waals surface area contributed by atoms with Crippen molar-refractivity contribution >= 4 is 27.4 Å². The molecule has 0 aliphatic heterocycles. The van der Waals surface area contributed by atoms with Crippen LogP contribution < -0.4 is 5.73 Å². The normalized spacial score (nSPS) is 13.2. The first-order chi connectivity index (χ1) is 7.65. The minimum absolute atomic E-state index is 0.0749. The second kappa shape index (κ2) is 4.35. The smallest absolute Gasteiger partial charge is 0.161 e. The number of aromatic nitrogens is 2. The summed E-state index contributed by atoms with van der Waals surface area (Å²) in [6.45, 7) is 4.08. The monoisotopic (exact) mass is 237 g/mol. The number of ether oxygens (including phenoxy) is 1. The zero-order chi connectivity index (χ0) is 11.7. The number of methoxy groups -OCH3 is 1. The molecule has 2 heterocycles. The van der Waals surface area contributed by atoms with Crippen molar-refractivity contribution in [3.8, 4) is 0 Å². The molecule has 2 N–H and O–H groups in total. The van der Waals surface area contributed by atoms with Crippen LogP contribution >= 0.6 is 11.3 Å². The van der Waals surface area contributed by atoms with Crippen molar-refractivity contribution in [2.75, 3.05) is 12.8 Å². The Kier molecular flexibility index (Phi) is 3.07. The third-order valence-electron chi connectivity index (χ3n) is 2.51. The summed E-state index contributed by atoms with van der Waals surface area (Å²) in [6.07, 6.45) is 0.764. The summed E-state index contributed by atoms with van der Waals surface area (Å²) in [4.78, 5) is 10.9. The molecule has 16 heavy (non-hydrogen) atoms. The van der Waals surface area contributed by atoms with Gasteiger partial charge in [-0.1, -0.05) is 6.92 Å². The second-order valence-corrected chi connectivity index (χ2v) is 4.91. The van der Waals surface area contributed by atoms with Gasteiger partial charge in [0.1, 0.15) is 16.8 Å². The highest BCUT2D eigenvalue weighted by Crippen LogP contribution is 2.29. The van der Waals surface area contributed by atoms with Gasteiger partial charge in [0.15, 0.2) is 5.82 Å². The van der Waals surface area contributed by atoms with Crippen molar-refractivity contribution in [2.45, 2.75) is 26.4 Å². The van der Waals surface area contributed by atoms with E-state index in [0.717, 1.165) is 16.6 Å². The molecule has 0 fully saturated rings. The molecular formula is C11H15N3OS. The summed E-state index contributed by atoms with van der Waals surface area (Å²) < 4.78 is 5.32. The van der Waals surface area contributed by atoms with Crippen molar-refractivity contribution in [3.63, 3.8) is 0 Å². The Labute approximate surface area is 98.5 Å². The standard InChI is InChI=1S/C11H15N3OS/c1-4-8(15-3)10-13-9(12)7-5-6(2)16-11(7)14-10/h5,8H,4H2,1-3H3,(H2,12,13,14). The predicted molar refractivity (Wildman–Crippen MR) is 66.6 cm³/mol. The molecule has 1 atom stereocenters. The van der Waals surface area contributed by atoms with Gasteiger partial charge in [0.2, 0.25) is 0 Å². The van der Waals surface area contributed by atoms with Crippen molar-refractivity contribution in [3.05, 3.63) is 16.8 Å². The minimum atomic E-state index is -0.0749. The van der Waals surface area contributed by atoms with Crippen LogP contribution in [0.15, 0.2) is 6.07 Å². The molecule has 0 bridgehead atoms. The average molecular weight is 237 g/mol. The van der Waals surface area contributed by atoms with Gasteiger partial charge in [0.25, 0.3) is 0 Å². The van der Waals surface area contributed by atoms with Crippen molar-refractivity contribution in [1.82, 2.24) is 9.97 Å². The zero-order valence-electron chi connectivity index (χ0n) is 9.65. The number of hydrogen-bond acceptors (Lipinski definition) is 5. The third-order valence-corrected chi connectivity index (χ3v) is 3.45. The van der Waals surface area contributed by atoms with Crippen LogP contribution in [0.2, 0.25) is 0 Å². The number of thiophene rings is 1. The lowest BCUT2D eigenvalue weighted by atomic mass is 10.2. The largest absolute Gasteiger partial charge is 0.383 e. The molecule has 5 heteroatoms. The van der Waals surface area contributed by atoms with E-state index in [-0.39, 0.29) is 6.10 Å². The summed E-state index contributed by atoms with van der Waals surface area (Å²) in [5, 5.41) is 0.942. The number of anilines is 1. The van der Waals surface area contributed by atoms with Crippen molar-refractivity contribution < 1.29 is 4.74 Å². The number of fused-ring (bicyclic) bond motifs is 1. The van der Waals surface area contributed by atoms with Gasteiger partial charge in [-0.25, -0.2) is 9.97 Å². The van der Waals surface area contributed by atoms with Crippen molar-refractivity contribution in [2.24, 2.45) is 0 Å². The molecular weight excluding hydrogens is 222 g/mol. The molecule has 0 saturated heterocycles. The van der Waals surface area contributed by atoms with Crippen LogP contribution in [0, 0.1) is 6.92 Å². The molecule has 1 unspecified atom stereocenters. The Morgan fingerprint density at radius 3 is 2.88 bits per heavy atom. The number of rotatable bonds is 3. The second-order valence-electron chi connectivity index (χ2n) is 3.68. The zero-order valence-corrected chi connectivity index (χ0v) is 10.5. The first-order valence-electron chi connectivity index (χ1n) is 5.22. The van der Waals surface area contributed by atoms with E-state index < -0.39 is 0 Å². The van der Waals surface area contributed by atoms with Crippen LogP contribution in [-0.2, 0) is 4.74 Å². The van der Waals surface area contributed by atoms with Crippen molar-refractivity contribution in [1.29, 1.82) is 0 Å². The lowest BCUT2D eigenvalue weighted by Gasteiger charge is -2.11. The highest BCUT2D eigenvalue weighted by molar-refractivity contribution is 7.18. The molecule has 2 rings (SSSR count). The molecule has 4 nitrogen and oxygen atoms in total. The fourth-order valence-electron chi connectivity index (χ4n) is 1.68. The Morgan fingerprint density at radius 2 is 2.25 bits per heavy atom. The predicted octanol–water partition coefficient (Wildman–Crippen LogP) is 2.68. The molecule has 0 radical (unpaired) electrons. The molecule has 0 aliphatic rings. The van der Waals surface area contributed by atoms with E-state index >= 15 is 0 Å². The third kappa shape index (κ3) is 1.88. The molecule has 2 aromatic rings. The van der Waals surface area contributed by atoms with Crippen LogP contribution in [0.3, 0.4) is 0 Å². The van der Waals surface area contributed by atoms with Gasteiger partial charge in [-0.2, -0.15) is 0 Å². The molecule has 2 aromatic heterocycles. The van der Waals surface area contributed by atoms with E-state index in [1.807, 2.05) is 19.9 Å². The van der Waals surface area contributed by atoms with E-state index in [1.54, 1.807) is 18.4 Å². The van der Waals surface area contributed by atoms with Gasteiger partial charge in [-0.15, -0.1) is 11.3 Å². The molecule has 0 spiro atoms. The summed E-state index contributed by atoms with van der Waals surface area (Å²) >= 11 is 1.63. The number of hydrogen-bond donors (Lipinski definition) is 1.